The number of morpholine rings is 1. The van der Waals surface area contributed by atoms with Crippen LogP contribution in [0.3, 0.4) is 0 Å². The summed E-state index contributed by atoms with van der Waals surface area (Å²) in [5, 5.41) is 6.76. The largest absolute Gasteiger partial charge is 0.469 e. The van der Waals surface area contributed by atoms with Gasteiger partial charge in [0.2, 0.25) is 0 Å². The second-order valence-electron chi connectivity index (χ2n) is 6.11. The number of hydrogen-bond donors (Lipinski definition) is 2. The van der Waals surface area contributed by atoms with Gasteiger partial charge in [0.05, 0.1) is 26.0 Å². The van der Waals surface area contributed by atoms with E-state index in [2.05, 4.69) is 27.1 Å². The number of ether oxygens (including phenoxy) is 1. The van der Waals surface area contributed by atoms with Crippen molar-refractivity contribution < 1.29 is 9.15 Å². The predicted molar refractivity (Wildman–Crippen MR) is 113 cm³/mol. The third-order valence-electron chi connectivity index (χ3n) is 3.80. The van der Waals surface area contributed by atoms with Crippen molar-refractivity contribution in [2.75, 3.05) is 52.5 Å². The van der Waals surface area contributed by atoms with E-state index in [1.807, 2.05) is 19.1 Å². The molecule has 2 N–H and O–H groups in total. The molecule has 1 fully saturated rings. The Balaban J connectivity index is 0.00000312. The molecule has 1 saturated heterocycles. The fraction of sp³-hybridized carbons (Fsp3) is 0.611. The van der Waals surface area contributed by atoms with Crippen LogP contribution in [-0.4, -0.2) is 63.3 Å². The van der Waals surface area contributed by atoms with Gasteiger partial charge in [0.25, 0.3) is 0 Å². The lowest BCUT2D eigenvalue weighted by atomic mass is 10.3. The molecule has 0 aliphatic carbocycles. The first-order chi connectivity index (χ1) is 11.7. The topological polar surface area (TPSA) is 62.0 Å². The van der Waals surface area contributed by atoms with Gasteiger partial charge in [-0.3, -0.25) is 4.90 Å². The lowest BCUT2D eigenvalue weighted by Gasteiger charge is -2.26. The number of nitrogens with one attached hydrogen (secondary N) is 2. The van der Waals surface area contributed by atoms with Crippen LogP contribution in [0.2, 0.25) is 0 Å². The van der Waals surface area contributed by atoms with Gasteiger partial charge in [-0.15, -0.1) is 24.0 Å². The molecule has 0 unspecified atom stereocenters. The molecular formula is C18H31IN4O2. The first-order valence-electron chi connectivity index (χ1n) is 8.73. The first kappa shape index (κ1) is 22.0. The molecule has 0 aromatic carbocycles. The zero-order valence-corrected chi connectivity index (χ0v) is 17.5. The van der Waals surface area contributed by atoms with Crippen molar-refractivity contribution in [3.8, 4) is 0 Å². The zero-order chi connectivity index (χ0) is 17.0. The lowest BCUT2D eigenvalue weighted by Crippen LogP contribution is -2.41. The number of hydrogen-bond acceptors (Lipinski definition) is 4. The molecule has 1 aliphatic rings. The molecule has 1 aliphatic heterocycles. The Bertz CT molecular complexity index is 499. The van der Waals surface area contributed by atoms with Crippen molar-refractivity contribution >= 4 is 29.9 Å². The highest BCUT2D eigenvalue weighted by molar-refractivity contribution is 14.0. The standard InChI is InChI=1S/C18H30N4O2.HI/c1-16(2)15-21-18(20-8-6-17-5-3-12-24-17)19-7-4-9-22-10-13-23-14-11-22;/h3,5,12H,1,4,6-11,13-15H2,2H3,(H2,19,20,21);1H. The second kappa shape index (κ2) is 13.2. The molecule has 0 saturated carbocycles. The summed E-state index contributed by atoms with van der Waals surface area (Å²) >= 11 is 0. The van der Waals surface area contributed by atoms with Gasteiger partial charge in [-0.1, -0.05) is 12.2 Å². The van der Waals surface area contributed by atoms with Crippen LogP contribution >= 0.6 is 24.0 Å². The van der Waals surface area contributed by atoms with E-state index in [1.165, 1.54) is 0 Å². The summed E-state index contributed by atoms with van der Waals surface area (Å²) < 4.78 is 10.7. The van der Waals surface area contributed by atoms with Gasteiger partial charge >= 0.3 is 0 Å². The van der Waals surface area contributed by atoms with Gasteiger partial charge in [-0.05, 0) is 32.0 Å². The van der Waals surface area contributed by atoms with Crippen molar-refractivity contribution in [1.82, 2.24) is 15.5 Å². The van der Waals surface area contributed by atoms with Crippen LogP contribution in [0.5, 0.6) is 0 Å². The maximum Gasteiger partial charge on any atom is 0.191 e. The average Bonchev–Trinajstić information content (AvgIpc) is 3.10. The molecule has 6 nitrogen and oxygen atoms in total. The van der Waals surface area contributed by atoms with Crippen LogP contribution < -0.4 is 10.6 Å². The van der Waals surface area contributed by atoms with E-state index in [-0.39, 0.29) is 24.0 Å². The molecule has 7 heteroatoms. The third-order valence-corrected chi connectivity index (χ3v) is 3.80. The molecule has 2 rings (SSSR count). The van der Waals surface area contributed by atoms with Gasteiger partial charge in [0.15, 0.2) is 5.96 Å². The molecule has 0 amide bonds. The van der Waals surface area contributed by atoms with Crippen molar-refractivity contribution in [2.24, 2.45) is 4.99 Å². The van der Waals surface area contributed by atoms with E-state index < -0.39 is 0 Å². The predicted octanol–water partition coefficient (Wildman–Crippen LogP) is 2.27. The van der Waals surface area contributed by atoms with Gasteiger partial charge in [-0.2, -0.15) is 0 Å². The summed E-state index contributed by atoms with van der Waals surface area (Å²) in [4.78, 5) is 7.00. The SMILES string of the molecule is C=C(C)CN=C(NCCCN1CCOCC1)NCCc1ccco1.I. The normalized spacial score (nSPS) is 15.5. The summed E-state index contributed by atoms with van der Waals surface area (Å²) in [5.41, 5.74) is 1.05. The van der Waals surface area contributed by atoms with Crippen LogP contribution in [0, 0.1) is 0 Å². The monoisotopic (exact) mass is 462 g/mol. The Morgan fingerprint density at radius 3 is 2.72 bits per heavy atom. The maximum atomic E-state index is 5.37. The Morgan fingerprint density at radius 1 is 1.28 bits per heavy atom. The van der Waals surface area contributed by atoms with Crippen molar-refractivity contribution in [3.05, 3.63) is 36.3 Å². The maximum absolute atomic E-state index is 5.37. The minimum absolute atomic E-state index is 0. The Labute approximate surface area is 168 Å². The number of guanidine groups is 1. The van der Waals surface area contributed by atoms with Crippen LogP contribution in [-0.2, 0) is 11.2 Å². The van der Waals surface area contributed by atoms with Gasteiger partial charge in [0, 0.05) is 32.6 Å². The summed E-state index contributed by atoms with van der Waals surface area (Å²) in [5.74, 6) is 1.82. The molecule has 25 heavy (non-hydrogen) atoms. The highest BCUT2D eigenvalue weighted by atomic mass is 127. The second-order valence-corrected chi connectivity index (χ2v) is 6.11. The fourth-order valence-corrected chi connectivity index (χ4v) is 2.48. The Kier molecular flexibility index (Phi) is 11.6. The highest BCUT2D eigenvalue weighted by Gasteiger charge is 2.09. The van der Waals surface area contributed by atoms with Gasteiger partial charge in [-0.25, -0.2) is 4.99 Å². The molecule has 0 radical (unpaired) electrons. The van der Waals surface area contributed by atoms with E-state index in [0.29, 0.717) is 6.54 Å². The van der Waals surface area contributed by atoms with Crippen LogP contribution in [0.1, 0.15) is 19.1 Å². The number of halogens is 1. The van der Waals surface area contributed by atoms with Crippen molar-refractivity contribution in [1.29, 1.82) is 0 Å². The first-order valence-corrected chi connectivity index (χ1v) is 8.73. The Morgan fingerprint density at radius 2 is 2.04 bits per heavy atom. The van der Waals surface area contributed by atoms with E-state index in [9.17, 15) is 0 Å². The van der Waals surface area contributed by atoms with Crippen LogP contribution in [0.15, 0.2) is 40.0 Å². The number of furan rings is 1. The average molecular weight is 462 g/mol. The molecule has 2 heterocycles. The van der Waals surface area contributed by atoms with E-state index in [4.69, 9.17) is 9.15 Å². The zero-order valence-electron chi connectivity index (χ0n) is 15.1. The lowest BCUT2D eigenvalue weighted by molar-refractivity contribution is 0.0376. The van der Waals surface area contributed by atoms with E-state index in [0.717, 1.165) is 76.1 Å². The highest BCUT2D eigenvalue weighted by Crippen LogP contribution is 2.00. The third kappa shape index (κ3) is 9.86. The minimum Gasteiger partial charge on any atom is -0.469 e. The minimum atomic E-state index is 0. The molecule has 0 atom stereocenters. The van der Waals surface area contributed by atoms with Gasteiger partial charge in [0.1, 0.15) is 5.76 Å². The van der Waals surface area contributed by atoms with E-state index >= 15 is 0 Å². The molecular weight excluding hydrogens is 431 g/mol. The summed E-state index contributed by atoms with van der Waals surface area (Å²) in [7, 11) is 0. The number of nitrogens with zero attached hydrogens (tertiary/aromatic N) is 2. The van der Waals surface area contributed by atoms with Crippen molar-refractivity contribution in [3.63, 3.8) is 0 Å². The van der Waals surface area contributed by atoms with Crippen molar-refractivity contribution in [2.45, 2.75) is 19.8 Å². The van der Waals surface area contributed by atoms with Crippen LogP contribution in [0.4, 0.5) is 0 Å². The van der Waals surface area contributed by atoms with E-state index in [1.54, 1.807) is 6.26 Å². The number of aliphatic imine (C=N–C) groups is 1. The fourth-order valence-electron chi connectivity index (χ4n) is 2.48. The molecule has 1 aromatic heterocycles. The smallest absolute Gasteiger partial charge is 0.191 e. The quantitative estimate of drug-likeness (QED) is 0.194. The van der Waals surface area contributed by atoms with Crippen LogP contribution in [0.25, 0.3) is 0 Å². The molecule has 1 aromatic rings. The molecule has 0 bridgehead atoms. The summed E-state index contributed by atoms with van der Waals surface area (Å²) in [6, 6.07) is 3.90. The number of rotatable bonds is 9. The molecule has 142 valence electrons. The molecule has 0 spiro atoms. The summed E-state index contributed by atoms with van der Waals surface area (Å²) in [6.45, 7) is 13.1. The van der Waals surface area contributed by atoms with Gasteiger partial charge < -0.3 is 19.8 Å². The summed E-state index contributed by atoms with van der Waals surface area (Å²) in [6.07, 6.45) is 3.63. The Hall–Kier alpha value is -1.06.